The van der Waals surface area contributed by atoms with Crippen molar-refractivity contribution in [3.05, 3.63) is 65.2 Å². The van der Waals surface area contributed by atoms with Crippen LogP contribution in [0.5, 0.6) is 0 Å². The fourth-order valence-corrected chi connectivity index (χ4v) is 4.30. The van der Waals surface area contributed by atoms with E-state index in [1.54, 1.807) is 19.2 Å². The summed E-state index contributed by atoms with van der Waals surface area (Å²) in [6, 6.07) is 15.5. The number of aryl methyl sites for hydroxylation is 1. The number of aliphatic imine (C=N–C) groups is 1. The lowest BCUT2D eigenvalue weighted by Crippen LogP contribution is -2.41. The maximum atomic E-state index is 11.6. The molecule has 1 fully saturated rings. The predicted molar refractivity (Wildman–Crippen MR) is 120 cm³/mol. The third-order valence-electron chi connectivity index (χ3n) is 5.42. The highest BCUT2D eigenvalue weighted by Gasteiger charge is 2.27. The fourth-order valence-electron chi connectivity index (χ4n) is 3.67. The Morgan fingerprint density at radius 1 is 1.10 bits per heavy atom. The Bertz CT molecular complexity index is 954. The molecule has 0 spiro atoms. The lowest BCUT2D eigenvalue weighted by molar-refractivity contribution is -0.0265. The SMILES string of the molecule is CN=C(NCc1ccc(S(C)(=O)=O)cc1)NCC1CCCOC1c1ccc(C)cc1. The molecule has 0 radical (unpaired) electrons. The van der Waals surface area contributed by atoms with Crippen LogP contribution in [-0.2, 0) is 21.1 Å². The third-order valence-corrected chi connectivity index (χ3v) is 6.55. The van der Waals surface area contributed by atoms with E-state index in [0.29, 0.717) is 17.4 Å². The molecule has 0 aliphatic carbocycles. The minimum absolute atomic E-state index is 0.0912. The van der Waals surface area contributed by atoms with Gasteiger partial charge >= 0.3 is 0 Å². The molecule has 2 aromatic carbocycles. The number of hydrogen-bond acceptors (Lipinski definition) is 4. The van der Waals surface area contributed by atoms with Gasteiger partial charge in [0.2, 0.25) is 0 Å². The van der Waals surface area contributed by atoms with Crippen LogP contribution < -0.4 is 10.6 Å². The summed E-state index contributed by atoms with van der Waals surface area (Å²) in [4.78, 5) is 4.64. The standard InChI is InChI=1S/C23H31N3O3S/c1-17-6-10-19(11-7-17)22-20(5-4-14-29-22)16-26-23(24-2)25-15-18-8-12-21(13-9-18)30(3,27)28/h6-13,20,22H,4-5,14-16H2,1-3H3,(H2,24,25,26). The molecule has 6 nitrogen and oxygen atoms in total. The van der Waals surface area contributed by atoms with Crippen molar-refractivity contribution in [3.8, 4) is 0 Å². The Kier molecular flexibility index (Phi) is 7.50. The quantitative estimate of drug-likeness (QED) is 0.544. The zero-order valence-electron chi connectivity index (χ0n) is 17.9. The smallest absolute Gasteiger partial charge is 0.191 e. The van der Waals surface area contributed by atoms with E-state index in [2.05, 4.69) is 46.8 Å². The van der Waals surface area contributed by atoms with Gasteiger partial charge in [-0.05, 0) is 43.0 Å². The van der Waals surface area contributed by atoms with Crippen molar-refractivity contribution in [2.45, 2.75) is 37.3 Å². The van der Waals surface area contributed by atoms with Gasteiger partial charge in [0.15, 0.2) is 15.8 Å². The predicted octanol–water partition coefficient (Wildman–Crippen LogP) is 3.23. The molecular weight excluding hydrogens is 398 g/mol. The molecule has 0 amide bonds. The van der Waals surface area contributed by atoms with Crippen molar-refractivity contribution in [2.24, 2.45) is 10.9 Å². The van der Waals surface area contributed by atoms with E-state index in [1.807, 2.05) is 12.1 Å². The molecule has 3 rings (SSSR count). The van der Waals surface area contributed by atoms with Gasteiger partial charge in [0, 0.05) is 38.9 Å². The summed E-state index contributed by atoms with van der Waals surface area (Å²) >= 11 is 0. The van der Waals surface area contributed by atoms with Crippen molar-refractivity contribution in [1.29, 1.82) is 0 Å². The number of guanidine groups is 1. The number of benzene rings is 2. The first-order chi connectivity index (χ1) is 14.4. The Labute approximate surface area is 179 Å². The van der Waals surface area contributed by atoms with E-state index in [0.717, 1.165) is 37.5 Å². The summed E-state index contributed by atoms with van der Waals surface area (Å²) in [6.07, 6.45) is 3.47. The first-order valence-corrected chi connectivity index (χ1v) is 12.2. The van der Waals surface area contributed by atoms with Gasteiger partial charge in [0.1, 0.15) is 0 Å². The minimum Gasteiger partial charge on any atom is -0.373 e. The van der Waals surface area contributed by atoms with E-state index in [-0.39, 0.29) is 6.10 Å². The maximum Gasteiger partial charge on any atom is 0.191 e. The number of nitrogens with zero attached hydrogens (tertiary/aromatic N) is 1. The summed E-state index contributed by atoms with van der Waals surface area (Å²) < 4.78 is 29.3. The van der Waals surface area contributed by atoms with E-state index in [9.17, 15) is 8.42 Å². The lowest BCUT2D eigenvalue weighted by atomic mass is 9.89. The number of rotatable bonds is 6. The third kappa shape index (κ3) is 6.06. The topological polar surface area (TPSA) is 79.8 Å². The second-order valence-corrected chi connectivity index (χ2v) is 9.84. The first kappa shape index (κ1) is 22.3. The van der Waals surface area contributed by atoms with Crippen LogP contribution >= 0.6 is 0 Å². The number of nitrogens with one attached hydrogen (secondary N) is 2. The average molecular weight is 430 g/mol. The van der Waals surface area contributed by atoms with Gasteiger partial charge in [-0.2, -0.15) is 0 Å². The number of sulfone groups is 1. The molecule has 1 heterocycles. The van der Waals surface area contributed by atoms with E-state index in [4.69, 9.17) is 4.74 Å². The van der Waals surface area contributed by atoms with Crippen molar-refractivity contribution >= 4 is 15.8 Å². The highest BCUT2D eigenvalue weighted by molar-refractivity contribution is 7.90. The molecule has 30 heavy (non-hydrogen) atoms. The van der Waals surface area contributed by atoms with Gasteiger partial charge < -0.3 is 15.4 Å². The number of ether oxygens (including phenoxy) is 1. The first-order valence-electron chi connectivity index (χ1n) is 10.3. The Morgan fingerprint density at radius 2 is 1.80 bits per heavy atom. The molecule has 2 atom stereocenters. The Morgan fingerprint density at radius 3 is 2.43 bits per heavy atom. The highest BCUT2D eigenvalue weighted by atomic mass is 32.2. The van der Waals surface area contributed by atoms with Gasteiger partial charge in [-0.3, -0.25) is 4.99 Å². The molecule has 2 N–H and O–H groups in total. The fraction of sp³-hybridized carbons (Fsp3) is 0.435. The molecule has 1 aliphatic rings. The van der Waals surface area contributed by atoms with Crippen LogP contribution in [0.1, 0.15) is 35.6 Å². The van der Waals surface area contributed by atoms with Gasteiger partial charge in [-0.25, -0.2) is 8.42 Å². The molecule has 1 saturated heterocycles. The van der Waals surface area contributed by atoms with Crippen LogP contribution in [0.15, 0.2) is 58.4 Å². The number of hydrogen-bond donors (Lipinski definition) is 2. The summed E-state index contributed by atoms with van der Waals surface area (Å²) in [5, 5.41) is 6.71. The minimum atomic E-state index is -3.18. The van der Waals surface area contributed by atoms with Crippen molar-refractivity contribution < 1.29 is 13.2 Å². The van der Waals surface area contributed by atoms with Gasteiger partial charge in [0.05, 0.1) is 11.0 Å². The Balaban J connectivity index is 1.55. The Hall–Kier alpha value is -2.38. The zero-order valence-corrected chi connectivity index (χ0v) is 18.7. The molecular formula is C23H31N3O3S. The molecule has 7 heteroatoms. The second-order valence-electron chi connectivity index (χ2n) is 7.83. The van der Waals surface area contributed by atoms with E-state index < -0.39 is 9.84 Å². The molecule has 0 aromatic heterocycles. The van der Waals surface area contributed by atoms with Gasteiger partial charge in [-0.15, -0.1) is 0 Å². The maximum absolute atomic E-state index is 11.6. The van der Waals surface area contributed by atoms with Crippen LogP contribution in [0.25, 0.3) is 0 Å². The monoisotopic (exact) mass is 429 g/mol. The van der Waals surface area contributed by atoms with Crippen molar-refractivity contribution in [1.82, 2.24) is 10.6 Å². The molecule has 2 aromatic rings. The van der Waals surface area contributed by atoms with E-state index in [1.165, 1.54) is 17.4 Å². The molecule has 0 bridgehead atoms. The highest BCUT2D eigenvalue weighted by Crippen LogP contribution is 2.33. The van der Waals surface area contributed by atoms with Crippen LogP contribution in [0.3, 0.4) is 0 Å². The van der Waals surface area contributed by atoms with Gasteiger partial charge in [-0.1, -0.05) is 42.0 Å². The van der Waals surface area contributed by atoms with Crippen LogP contribution in [0.2, 0.25) is 0 Å². The summed E-state index contributed by atoms with van der Waals surface area (Å²) in [5.74, 6) is 1.09. The van der Waals surface area contributed by atoms with Gasteiger partial charge in [0.25, 0.3) is 0 Å². The van der Waals surface area contributed by atoms with Crippen LogP contribution in [0, 0.1) is 12.8 Å². The summed E-state index contributed by atoms with van der Waals surface area (Å²) in [5.41, 5.74) is 3.46. The zero-order chi connectivity index (χ0) is 21.6. The van der Waals surface area contributed by atoms with Crippen LogP contribution in [0.4, 0.5) is 0 Å². The van der Waals surface area contributed by atoms with Crippen molar-refractivity contribution in [3.63, 3.8) is 0 Å². The van der Waals surface area contributed by atoms with Crippen LogP contribution in [-0.4, -0.2) is 40.8 Å². The molecule has 162 valence electrons. The largest absolute Gasteiger partial charge is 0.373 e. The molecule has 1 aliphatic heterocycles. The second kappa shape index (κ2) is 10.1. The summed E-state index contributed by atoms with van der Waals surface area (Å²) in [6.45, 7) is 4.22. The molecule has 2 unspecified atom stereocenters. The lowest BCUT2D eigenvalue weighted by Gasteiger charge is -2.32. The van der Waals surface area contributed by atoms with E-state index >= 15 is 0 Å². The molecule has 0 saturated carbocycles. The summed E-state index contributed by atoms with van der Waals surface area (Å²) in [7, 11) is -1.43. The normalized spacial score (nSPS) is 20.0. The average Bonchev–Trinajstić information content (AvgIpc) is 2.74. The van der Waals surface area contributed by atoms with Crippen molar-refractivity contribution in [2.75, 3.05) is 26.5 Å².